The molecule has 2 N–H and O–H groups in total. The molecule has 0 saturated heterocycles. The highest BCUT2D eigenvalue weighted by Crippen LogP contribution is 2.45. The maximum atomic E-state index is 12.6. The third kappa shape index (κ3) is 2.41. The highest BCUT2D eigenvalue weighted by molar-refractivity contribution is 6.08. The molecule has 4 rings (SSSR count). The van der Waals surface area contributed by atoms with Gasteiger partial charge in [-0.1, -0.05) is 78.9 Å². The van der Waals surface area contributed by atoms with Crippen LogP contribution in [0.1, 0.15) is 16.7 Å². The number of rotatable bonds is 3. The molecule has 0 bridgehead atoms. The minimum atomic E-state index is -1.34. The van der Waals surface area contributed by atoms with Gasteiger partial charge in [-0.3, -0.25) is 0 Å². The lowest BCUT2D eigenvalue weighted by Gasteiger charge is -2.38. The number of benzene rings is 3. The van der Waals surface area contributed by atoms with Gasteiger partial charge in [0.1, 0.15) is 0 Å². The Kier molecular flexibility index (Phi) is 3.62. The van der Waals surface area contributed by atoms with E-state index in [1.54, 1.807) is 0 Å². The van der Waals surface area contributed by atoms with Gasteiger partial charge >= 0.3 is 5.97 Å². The van der Waals surface area contributed by atoms with Gasteiger partial charge in [-0.05, 0) is 28.8 Å². The van der Waals surface area contributed by atoms with Gasteiger partial charge in [-0.2, -0.15) is 0 Å². The zero-order valence-electron chi connectivity index (χ0n) is 13.5. The van der Waals surface area contributed by atoms with Crippen LogP contribution in [0.3, 0.4) is 0 Å². The fraction of sp³-hybridized carbons (Fsp3) is 0.0455. The van der Waals surface area contributed by atoms with E-state index in [9.17, 15) is 9.90 Å². The second-order valence-electron chi connectivity index (χ2n) is 6.06. The number of carboxylic acid groups (broad SMARTS) is 1. The van der Waals surface area contributed by atoms with Crippen molar-refractivity contribution in [1.82, 2.24) is 0 Å². The first kappa shape index (κ1) is 15.2. The molecule has 1 aliphatic heterocycles. The first-order chi connectivity index (χ1) is 12.2. The molecular formula is C22H17NO2. The molecule has 3 heteroatoms. The number of carboxylic acids is 1. The van der Waals surface area contributed by atoms with Crippen molar-refractivity contribution >= 4 is 23.3 Å². The molecule has 3 aromatic rings. The Bertz CT molecular complexity index is 948. The van der Waals surface area contributed by atoms with Gasteiger partial charge in [0.05, 0.1) is 0 Å². The Morgan fingerprint density at radius 1 is 0.800 bits per heavy atom. The largest absolute Gasteiger partial charge is 0.479 e. The number of carbonyl (C=O) groups is 1. The van der Waals surface area contributed by atoms with Crippen molar-refractivity contribution in [2.24, 2.45) is 0 Å². The van der Waals surface area contributed by atoms with Crippen molar-refractivity contribution in [3.63, 3.8) is 0 Å². The zero-order valence-corrected chi connectivity index (χ0v) is 13.5. The Hall–Kier alpha value is -3.33. The standard InChI is InChI=1S/C22H17NO2/c24-21(25)22(18-12-5-2-6-13-18)19(16-9-3-1-4-10-16)15-17-11-7-8-14-20(17)23-22/h1-15,23H,(H,24,25). The van der Waals surface area contributed by atoms with E-state index in [0.29, 0.717) is 5.56 Å². The number of fused-ring (bicyclic) bond motifs is 1. The lowest BCUT2D eigenvalue weighted by molar-refractivity contribution is -0.140. The van der Waals surface area contributed by atoms with Crippen molar-refractivity contribution in [1.29, 1.82) is 0 Å². The van der Waals surface area contributed by atoms with Crippen LogP contribution >= 0.6 is 0 Å². The van der Waals surface area contributed by atoms with Gasteiger partial charge in [-0.25, -0.2) is 4.79 Å². The molecule has 3 nitrogen and oxygen atoms in total. The normalized spacial score (nSPS) is 18.6. The smallest absolute Gasteiger partial charge is 0.338 e. The van der Waals surface area contributed by atoms with Crippen LogP contribution in [-0.2, 0) is 10.3 Å². The molecule has 1 heterocycles. The molecule has 0 aromatic heterocycles. The van der Waals surface area contributed by atoms with Crippen molar-refractivity contribution < 1.29 is 9.90 Å². The summed E-state index contributed by atoms with van der Waals surface area (Å²) >= 11 is 0. The lowest BCUT2D eigenvalue weighted by atomic mass is 9.76. The van der Waals surface area contributed by atoms with Crippen LogP contribution in [0, 0.1) is 0 Å². The second kappa shape index (κ2) is 5.95. The highest BCUT2D eigenvalue weighted by atomic mass is 16.4. The molecule has 122 valence electrons. The van der Waals surface area contributed by atoms with Crippen LogP contribution in [0.15, 0.2) is 84.9 Å². The van der Waals surface area contributed by atoms with Gasteiger partial charge < -0.3 is 10.4 Å². The lowest BCUT2D eigenvalue weighted by Crippen LogP contribution is -2.46. The summed E-state index contributed by atoms with van der Waals surface area (Å²) in [6, 6.07) is 26.8. The van der Waals surface area contributed by atoms with E-state index in [1.165, 1.54) is 0 Å². The minimum absolute atomic E-state index is 0.701. The first-order valence-corrected chi connectivity index (χ1v) is 8.15. The van der Waals surface area contributed by atoms with E-state index >= 15 is 0 Å². The molecule has 1 aliphatic rings. The van der Waals surface area contributed by atoms with E-state index in [4.69, 9.17) is 0 Å². The maximum absolute atomic E-state index is 12.6. The first-order valence-electron chi connectivity index (χ1n) is 8.15. The third-order valence-electron chi connectivity index (χ3n) is 4.60. The highest BCUT2D eigenvalue weighted by Gasteiger charge is 2.46. The average Bonchev–Trinajstić information content (AvgIpc) is 2.68. The van der Waals surface area contributed by atoms with E-state index in [1.807, 2.05) is 91.0 Å². The molecule has 1 atom stereocenters. The second-order valence-corrected chi connectivity index (χ2v) is 6.06. The molecule has 0 aliphatic carbocycles. The number of aliphatic carboxylic acids is 1. The predicted molar refractivity (Wildman–Crippen MR) is 100 cm³/mol. The Balaban J connectivity index is 2.03. The average molecular weight is 327 g/mol. The van der Waals surface area contributed by atoms with Crippen LogP contribution in [0.4, 0.5) is 5.69 Å². The zero-order chi connectivity index (χ0) is 17.3. The van der Waals surface area contributed by atoms with Crippen LogP contribution in [0.25, 0.3) is 11.6 Å². The Morgan fingerprint density at radius 3 is 2.08 bits per heavy atom. The number of hydrogen-bond donors (Lipinski definition) is 2. The predicted octanol–water partition coefficient (Wildman–Crippen LogP) is 4.63. The van der Waals surface area contributed by atoms with Crippen LogP contribution in [0.2, 0.25) is 0 Å². The molecule has 25 heavy (non-hydrogen) atoms. The van der Waals surface area contributed by atoms with Gasteiger partial charge in [-0.15, -0.1) is 0 Å². The molecule has 0 fully saturated rings. The Morgan fingerprint density at radius 2 is 1.40 bits per heavy atom. The summed E-state index contributed by atoms with van der Waals surface area (Å²) in [6.07, 6.45) is 1.97. The number of hydrogen-bond acceptors (Lipinski definition) is 2. The molecule has 3 aromatic carbocycles. The number of nitrogens with one attached hydrogen (secondary N) is 1. The van der Waals surface area contributed by atoms with Crippen molar-refractivity contribution in [2.45, 2.75) is 5.54 Å². The number of para-hydroxylation sites is 1. The molecule has 1 unspecified atom stereocenters. The number of anilines is 1. The van der Waals surface area contributed by atoms with E-state index in [2.05, 4.69) is 5.32 Å². The quantitative estimate of drug-likeness (QED) is 0.737. The van der Waals surface area contributed by atoms with Crippen molar-refractivity contribution in [3.8, 4) is 0 Å². The van der Waals surface area contributed by atoms with E-state index < -0.39 is 11.5 Å². The van der Waals surface area contributed by atoms with Gasteiger partial charge in [0.25, 0.3) is 0 Å². The molecular weight excluding hydrogens is 310 g/mol. The summed E-state index contributed by atoms with van der Waals surface area (Å²) in [5.41, 5.74) is 2.77. The van der Waals surface area contributed by atoms with E-state index in [-0.39, 0.29) is 0 Å². The maximum Gasteiger partial charge on any atom is 0.338 e. The van der Waals surface area contributed by atoms with Crippen molar-refractivity contribution in [3.05, 3.63) is 102 Å². The van der Waals surface area contributed by atoms with Crippen molar-refractivity contribution in [2.75, 3.05) is 5.32 Å². The fourth-order valence-electron chi connectivity index (χ4n) is 3.40. The van der Waals surface area contributed by atoms with Crippen LogP contribution in [-0.4, -0.2) is 11.1 Å². The topological polar surface area (TPSA) is 49.3 Å². The molecule has 0 radical (unpaired) electrons. The van der Waals surface area contributed by atoms with Crippen LogP contribution < -0.4 is 5.32 Å². The summed E-state index contributed by atoms with van der Waals surface area (Å²) in [5, 5.41) is 13.6. The van der Waals surface area contributed by atoms with Gasteiger partial charge in [0, 0.05) is 11.3 Å². The molecule has 0 saturated carbocycles. The van der Waals surface area contributed by atoms with Gasteiger partial charge in [0.2, 0.25) is 0 Å². The molecule has 0 amide bonds. The summed E-state index contributed by atoms with van der Waals surface area (Å²) in [6.45, 7) is 0. The van der Waals surface area contributed by atoms with E-state index in [0.717, 1.165) is 22.4 Å². The fourth-order valence-corrected chi connectivity index (χ4v) is 3.40. The van der Waals surface area contributed by atoms with Gasteiger partial charge in [0.15, 0.2) is 5.54 Å². The third-order valence-corrected chi connectivity index (χ3v) is 4.60. The Labute approximate surface area is 146 Å². The SMILES string of the molecule is O=C(O)C1(c2ccccc2)Nc2ccccc2C=C1c1ccccc1. The minimum Gasteiger partial charge on any atom is -0.479 e. The summed E-state index contributed by atoms with van der Waals surface area (Å²) in [4.78, 5) is 12.6. The molecule has 0 spiro atoms. The monoisotopic (exact) mass is 327 g/mol. The van der Waals surface area contributed by atoms with Crippen LogP contribution in [0.5, 0.6) is 0 Å². The summed E-state index contributed by atoms with van der Waals surface area (Å²) < 4.78 is 0. The summed E-state index contributed by atoms with van der Waals surface area (Å²) in [7, 11) is 0. The summed E-state index contributed by atoms with van der Waals surface area (Å²) in [5.74, 6) is -0.927.